The number of para-hydroxylation sites is 3. The van der Waals surface area contributed by atoms with Crippen LogP contribution in [-0.2, 0) is 0 Å². The van der Waals surface area contributed by atoms with Gasteiger partial charge in [0.25, 0.3) is 0 Å². The van der Waals surface area contributed by atoms with E-state index >= 15 is 0 Å². The van der Waals surface area contributed by atoms with Crippen molar-refractivity contribution in [1.82, 2.24) is 4.98 Å². The van der Waals surface area contributed by atoms with E-state index in [1.807, 2.05) is 11.3 Å². The van der Waals surface area contributed by atoms with Crippen LogP contribution in [0.3, 0.4) is 0 Å². The van der Waals surface area contributed by atoms with Crippen molar-refractivity contribution < 1.29 is 0 Å². The number of aromatic nitrogens is 1. The number of benzene rings is 9. The predicted molar refractivity (Wildman–Crippen MR) is 252 cm³/mol. The average molecular weight is 774 g/mol. The molecule has 1 N–H and O–H groups in total. The van der Waals surface area contributed by atoms with E-state index in [1.54, 1.807) is 0 Å². The second kappa shape index (κ2) is 14.8. The highest BCUT2D eigenvalue weighted by molar-refractivity contribution is 7.26. The van der Waals surface area contributed by atoms with Gasteiger partial charge >= 0.3 is 0 Å². The van der Waals surface area contributed by atoms with Crippen LogP contribution in [-0.4, -0.2) is 4.98 Å². The van der Waals surface area contributed by atoms with Crippen LogP contribution in [0, 0.1) is 0 Å². The first-order chi connectivity index (χ1) is 29.3. The van der Waals surface area contributed by atoms with Crippen LogP contribution in [0.25, 0.3) is 42.0 Å². The van der Waals surface area contributed by atoms with Gasteiger partial charge in [-0.2, -0.15) is 0 Å². The summed E-state index contributed by atoms with van der Waals surface area (Å²) in [5.74, 6) is 0.133. The monoisotopic (exact) mass is 773 g/mol. The van der Waals surface area contributed by atoms with Gasteiger partial charge in [-0.1, -0.05) is 146 Å². The fraction of sp³-hybridized carbons (Fsp3) is 0.0182. The lowest BCUT2D eigenvalue weighted by Crippen LogP contribution is -2.09. The summed E-state index contributed by atoms with van der Waals surface area (Å²) < 4.78 is 2.60. The zero-order valence-electron chi connectivity index (χ0n) is 32.2. The molecular weight excluding hydrogens is 735 g/mol. The van der Waals surface area contributed by atoms with Crippen molar-refractivity contribution in [2.45, 2.75) is 5.92 Å². The van der Waals surface area contributed by atoms with Crippen molar-refractivity contribution in [3.05, 3.63) is 241 Å². The van der Waals surface area contributed by atoms with Crippen LogP contribution in [0.5, 0.6) is 0 Å². The summed E-state index contributed by atoms with van der Waals surface area (Å²) in [5, 5.41) is 4.97. The third kappa shape index (κ3) is 6.31. The maximum absolute atomic E-state index is 3.77. The lowest BCUT2D eigenvalue weighted by atomic mass is 9.84. The second-order valence-corrected chi connectivity index (χ2v) is 16.1. The molecule has 11 rings (SSSR count). The van der Waals surface area contributed by atoms with Crippen LogP contribution in [0.15, 0.2) is 224 Å². The number of rotatable bonds is 9. The molecule has 0 amide bonds. The molecule has 4 heteroatoms. The Morgan fingerprint density at radius 2 is 0.831 bits per heavy atom. The largest absolute Gasteiger partial charge is 0.354 e. The maximum atomic E-state index is 3.77. The van der Waals surface area contributed by atoms with E-state index in [-0.39, 0.29) is 5.92 Å². The van der Waals surface area contributed by atoms with Crippen molar-refractivity contribution in [1.29, 1.82) is 0 Å². The van der Waals surface area contributed by atoms with Crippen LogP contribution in [0.1, 0.15) is 22.6 Å². The van der Waals surface area contributed by atoms with Crippen molar-refractivity contribution in [2.24, 2.45) is 0 Å². The molecule has 0 bridgehead atoms. The highest BCUT2D eigenvalue weighted by atomic mass is 32.1. The number of hydrogen-bond donors (Lipinski definition) is 1. The van der Waals surface area contributed by atoms with E-state index < -0.39 is 0 Å². The number of H-pyrrole nitrogens is 1. The Hall–Kier alpha value is -7.40. The standard InChI is InChI=1S/C55H39N3S/c1-6-17-38(18-7-1)54(39-19-8-2-9-20-39)49-28-16-27-48-47-33-30-45(37-53(47)59-55(48)49)58(42-25-14-5-15-26-42)44-29-32-46-50-35-43(31-34-51(50)56-52(46)36-44)57(40-21-10-3-11-22-40)41-23-12-4-13-24-41/h1-37,54,56H. The van der Waals surface area contributed by atoms with E-state index in [1.165, 1.54) is 47.6 Å². The van der Waals surface area contributed by atoms with E-state index in [2.05, 4.69) is 239 Å². The van der Waals surface area contributed by atoms with Gasteiger partial charge in [-0.15, -0.1) is 11.3 Å². The minimum absolute atomic E-state index is 0.133. The molecule has 0 fully saturated rings. The molecular formula is C55H39N3S. The predicted octanol–water partition coefficient (Wildman–Crippen LogP) is 15.8. The Balaban J connectivity index is 1.02. The Labute approximate surface area is 347 Å². The first kappa shape index (κ1) is 34.8. The quantitative estimate of drug-likeness (QED) is 0.148. The van der Waals surface area contributed by atoms with Gasteiger partial charge in [-0.05, 0) is 95.6 Å². The summed E-state index contributed by atoms with van der Waals surface area (Å²) >= 11 is 1.90. The van der Waals surface area contributed by atoms with Crippen molar-refractivity contribution in [3.8, 4) is 0 Å². The third-order valence-electron chi connectivity index (χ3n) is 11.5. The smallest absolute Gasteiger partial charge is 0.0485 e. The number of anilines is 6. The molecule has 2 heterocycles. The molecule has 3 nitrogen and oxygen atoms in total. The number of nitrogens with one attached hydrogen (secondary N) is 1. The summed E-state index contributed by atoms with van der Waals surface area (Å²) in [6, 6.07) is 81.1. The zero-order valence-corrected chi connectivity index (χ0v) is 33.1. The topological polar surface area (TPSA) is 22.3 Å². The molecule has 11 aromatic rings. The van der Waals surface area contributed by atoms with Gasteiger partial charge in [-0.3, -0.25) is 0 Å². The molecule has 0 aliphatic heterocycles. The van der Waals surface area contributed by atoms with Crippen LogP contribution in [0.4, 0.5) is 34.1 Å². The molecule has 0 spiro atoms. The SMILES string of the molecule is c1ccc(C(c2ccccc2)c2cccc3c2sc2cc(N(c4ccccc4)c4ccc5c(c4)[nH]c4ccc(N(c6ccccc6)c6ccccc6)cc45)ccc23)cc1. The Morgan fingerprint density at radius 3 is 1.42 bits per heavy atom. The third-order valence-corrected chi connectivity index (χ3v) is 12.7. The minimum atomic E-state index is 0.133. The number of fused-ring (bicyclic) bond motifs is 6. The molecule has 280 valence electrons. The van der Waals surface area contributed by atoms with Crippen molar-refractivity contribution in [2.75, 3.05) is 9.80 Å². The second-order valence-electron chi connectivity index (χ2n) is 15.0. The molecule has 0 aliphatic rings. The highest BCUT2D eigenvalue weighted by Gasteiger charge is 2.22. The first-order valence-corrected chi connectivity index (χ1v) is 20.9. The fourth-order valence-electron chi connectivity index (χ4n) is 8.80. The molecule has 0 saturated heterocycles. The average Bonchev–Trinajstić information content (AvgIpc) is 3.86. The first-order valence-electron chi connectivity index (χ1n) is 20.1. The van der Waals surface area contributed by atoms with Crippen molar-refractivity contribution in [3.63, 3.8) is 0 Å². The summed E-state index contributed by atoms with van der Waals surface area (Å²) in [6.07, 6.45) is 0. The summed E-state index contributed by atoms with van der Waals surface area (Å²) in [4.78, 5) is 8.47. The molecule has 0 unspecified atom stereocenters. The number of thiophene rings is 1. The lowest BCUT2D eigenvalue weighted by Gasteiger charge is -2.25. The van der Waals surface area contributed by atoms with Gasteiger partial charge < -0.3 is 14.8 Å². The van der Waals surface area contributed by atoms with Crippen molar-refractivity contribution >= 4 is 87.4 Å². The number of hydrogen-bond acceptors (Lipinski definition) is 3. The molecule has 9 aromatic carbocycles. The molecule has 59 heavy (non-hydrogen) atoms. The van der Waals surface area contributed by atoms with Gasteiger partial charge in [0.05, 0.1) is 0 Å². The highest BCUT2D eigenvalue weighted by Crippen LogP contribution is 2.46. The van der Waals surface area contributed by atoms with Gasteiger partial charge in [-0.25, -0.2) is 0 Å². The number of nitrogens with zero attached hydrogens (tertiary/aromatic N) is 2. The Bertz CT molecular complexity index is 3130. The summed E-state index contributed by atoms with van der Waals surface area (Å²) in [5.41, 5.74) is 12.8. The van der Waals surface area contributed by atoms with E-state index in [9.17, 15) is 0 Å². The Kier molecular flexibility index (Phi) is 8.76. The van der Waals surface area contributed by atoms with E-state index in [0.29, 0.717) is 0 Å². The normalized spacial score (nSPS) is 11.5. The van der Waals surface area contributed by atoms with Crippen LogP contribution < -0.4 is 9.80 Å². The molecule has 0 aliphatic carbocycles. The van der Waals surface area contributed by atoms with Gasteiger partial charge in [0, 0.05) is 82.0 Å². The molecule has 0 atom stereocenters. The Morgan fingerprint density at radius 1 is 0.339 bits per heavy atom. The number of aromatic amines is 1. The molecule has 0 saturated carbocycles. The zero-order chi connectivity index (χ0) is 39.1. The molecule has 2 aromatic heterocycles. The van der Waals surface area contributed by atoms with Gasteiger partial charge in [0.2, 0.25) is 0 Å². The van der Waals surface area contributed by atoms with E-state index in [0.717, 1.165) is 45.2 Å². The van der Waals surface area contributed by atoms with Crippen LogP contribution >= 0.6 is 11.3 Å². The fourth-order valence-corrected chi connectivity index (χ4v) is 10.1. The molecule has 0 radical (unpaired) electrons. The van der Waals surface area contributed by atoms with Gasteiger partial charge in [0.1, 0.15) is 0 Å². The van der Waals surface area contributed by atoms with Crippen LogP contribution in [0.2, 0.25) is 0 Å². The lowest BCUT2D eigenvalue weighted by molar-refractivity contribution is 0.991. The van der Waals surface area contributed by atoms with Gasteiger partial charge in [0.15, 0.2) is 0 Å². The van der Waals surface area contributed by atoms with E-state index in [4.69, 9.17) is 0 Å². The summed E-state index contributed by atoms with van der Waals surface area (Å²) in [6.45, 7) is 0. The minimum Gasteiger partial charge on any atom is -0.354 e. The maximum Gasteiger partial charge on any atom is 0.0485 e. The summed E-state index contributed by atoms with van der Waals surface area (Å²) in [7, 11) is 0.